The zero-order valence-corrected chi connectivity index (χ0v) is 26.0. The molecule has 4 unspecified atom stereocenters. The van der Waals surface area contributed by atoms with Crippen molar-refractivity contribution in [2.75, 3.05) is 19.6 Å². The van der Waals surface area contributed by atoms with E-state index in [4.69, 9.17) is 9.88 Å². The fourth-order valence-corrected chi connectivity index (χ4v) is 6.78. The van der Waals surface area contributed by atoms with Gasteiger partial charge in [0.15, 0.2) is 0 Å². The summed E-state index contributed by atoms with van der Waals surface area (Å²) in [4.78, 5) is 28.7. The van der Waals surface area contributed by atoms with E-state index < -0.39 is 45.8 Å². The van der Waals surface area contributed by atoms with E-state index >= 15 is 0 Å². The van der Waals surface area contributed by atoms with Gasteiger partial charge in [0.05, 0.1) is 21.9 Å². The molecule has 0 radical (unpaired) electrons. The average molecular weight is 641 g/mol. The molecule has 0 saturated carbocycles. The first kappa shape index (κ1) is 33.1. The number of esters is 1. The number of piperidine rings is 1. The number of fused-ring (bicyclic) bond motifs is 1. The van der Waals surface area contributed by atoms with Gasteiger partial charge in [-0.3, -0.25) is 4.79 Å². The SMILES string of the molecule is C/C(=N/NC(=O)c1ccccc1S(N)(=O)=O)C(CN1CCCCC1)C(C1=C(O)C2C=CC=CC2OC1=O)c1ccccc1.Cl. The highest BCUT2D eigenvalue weighted by Gasteiger charge is 2.43. The summed E-state index contributed by atoms with van der Waals surface area (Å²) in [6.07, 6.45) is 9.79. The highest BCUT2D eigenvalue weighted by Crippen LogP contribution is 2.42. The van der Waals surface area contributed by atoms with Crippen molar-refractivity contribution >= 4 is 40.0 Å². The molecule has 2 aliphatic heterocycles. The van der Waals surface area contributed by atoms with Crippen LogP contribution in [0.4, 0.5) is 0 Å². The molecule has 12 heteroatoms. The molecule has 0 bridgehead atoms. The van der Waals surface area contributed by atoms with E-state index in [1.807, 2.05) is 42.5 Å². The molecule has 3 aliphatic rings. The van der Waals surface area contributed by atoms with Crippen molar-refractivity contribution in [3.8, 4) is 0 Å². The molecule has 1 amide bonds. The van der Waals surface area contributed by atoms with Crippen molar-refractivity contribution in [2.24, 2.45) is 22.1 Å². The smallest absolute Gasteiger partial charge is 0.338 e. The normalized spacial score (nSPS) is 22.0. The van der Waals surface area contributed by atoms with Gasteiger partial charge in [-0.1, -0.05) is 67.1 Å². The Kier molecular flexibility index (Phi) is 10.8. The fourth-order valence-electron chi connectivity index (χ4n) is 6.05. The van der Waals surface area contributed by atoms with Gasteiger partial charge < -0.3 is 14.7 Å². The van der Waals surface area contributed by atoms with Crippen LogP contribution in [0.15, 0.2) is 100 Å². The van der Waals surface area contributed by atoms with Gasteiger partial charge >= 0.3 is 5.97 Å². The molecule has 44 heavy (non-hydrogen) atoms. The number of hydrogen-bond donors (Lipinski definition) is 3. The molecule has 0 spiro atoms. The predicted octanol–water partition coefficient (Wildman–Crippen LogP) is 4.23. The Hall–Kier alpha value is -3.77. The maximum Gasteiger partial charge on any atom is 0.338 e. The Balaban J connectivity index is 0.00000442. The number of aliphatic hydroxyl groups is 1. The number of primary sulfonamides is 1. The molecule has 4 atom stereocenters. The highest BCUT2D eigenvalue weighted by molar-refractivity contribution is 7.89. The summed E-state index contributed by atoms with van der Waals surface area (Å²) < 4.78 is 30.0. The van der Waals surface area contributed by atoms with Crippen molar-refractivity contribution in [2.45, 2.75) is 43.1 Å². The highest BCUT2D eigenvalue weighted by atomic mass is 35.5. The van der Waals surface area contributed by atoms with Crippen LogP contribution >= 0.6 is 12.4 Å². The molecule has 2 heterocycles. The third-order valence-electron chi connectivity index (χ3n) is 8.22. The van der Waals surface area contributed by atoms with Gasteiger partial charge in [0.2, 0.25) is 10.0 Å². The molecule has 5 rings (SSSR count). The first-order valence-electron chi connectivity index (χ1n) is 14.4. The van der Waals surface area contributed by atoms with E-state index in [1.54, 1.807) is 19.1 Å². The van der Waals surface area contributed by atoms with Crippen LogP contribution in [0, 0.1) is 11.8 Å². The first-order valence-corrected chi connectivity index (χ1v) is 15.9. The van der Waals surface area contributed by atoms with Crippen molar-refractivity contribution in [3.63, 3.8) is 0 Å². The number of carbonyl (C=O) groups excluding carboxylic acids is 2. The number of sulfonamides is 1. The van der Waals surface area contributed by atoms with E-state index in [0.29, 0.717) is 12.3 Å². The number of carbonyl (C=O) groups is 2. The number of allylic oxidation sites excluding steroid dienone is 2. The lowest BCUT2D eigenvalue weighted by molar-refractivity contribution is -0.146. The van der Waals surface area contributed by atoms with Gasteiger partial charge in [-0.25, -0.2) is 23.8 Å². The average Bonchev–Trinajstić information content (AvgIpc) is 3.01. The molecule has 10 nitrogen and oxygen atoms in total. The summed E-state index contributed by atoms with van der Waals surface area (Å²) >= 11 is 0. The second kappa shape index (κ2) is 14.3. The van der Waals surface area contributed by atoms with Crippen molar-refractivity contribution in [1.29, 1.82) is 0 Å². The quantitative estimate of drug-likeness (QED) is 0.211. The number of nitrogens with one attached hydrogen (secondary N) is 1. The number of halogens is 1. The van der Waals surface area contributed by atoms with Gasteiger partial charge in [0, 0.05) is 24.1 Å². The zero-order chi connectivity index (χ0) is 30.6. The lowest BCUT2D eigenvalue weighted by atomic mass is 9.74. The van der Waals surface area contributed by atoms with E-state index in [1.165, 1.54) is 24.3 Å². The van der Waals surface area contributed by atoms with Crippen LogP contribution in [0.25, 0.3) is 0 Å². The Labute approximate surface area is 263 Å². The number of benzene rings is 2. The number of rotatable bonds is 9. The molecule has 4 N–H and O–H groups in total. The standard InChI is InChI=1S/C32H36N4O6S.ClH/c1-21(34-35-31(38)24-15-7-9-17-27(24)43(33,40)41)25(20-36-18-10-3-11-19-36)28(22-12-4-2-5-13-22)29-30(37)23-14-6-8-16-26(23)42-32(29)39;/h2,4-9,12-17,23,25-26,28,37H,3,10-11,18-20H2,1H3,(H,35,38)(H2,33,40,41);1H/b34-21-;. The molecule has 234 valence electrons. The van der Waals surface area contributed by atoms with Crippen LogP contribution in [0.5, 0.6) is 0 Å². The zero-order valence-electron chi connectivity index (χ0n) is 24.3. The van der Waals surface area contributed by atoms with Crippen molar-refractivity contribution < 1.29 is 27.9 Å². The number of amides is 1. The molecule has 1 aliphatic carbocycles. The Bertz CT molecular complexity index is 1600. The topological polar surface area (TPSA) is 151 Å². The fraction of sp³-hybridized carbons (Fsp3) is 0.344. The third kappa shape index (κ3) is 7.29. The van der Waals surface area contributed by atoms with E-state index in [0.717, 1.165) is 37.9 Å². The molecular formula is C32H37ClN4O6S. The number of nitrogens with two attached hydrogens (primary N) is 1. The second-order valence-corrected chi connectivity index (χ2v) is 12.6. The van der Waals surface area contributed by atoms with Crippen molar-refractivity contribution in [3.05, 3.63) is 101 Å². The van der Waals surface area contributed by atoms with Crippen LogP contribution in [0.3, 0.4) is 0 Å². The summed E-state index contributed by atoms with van der Waals surface area (Å²) in [6.45, 7) is 4.00. The number of aliphatic hydroxyl groups excluding tert-OH is 1. The lowest BCUT2D eigenvalue weighted by Crippen LogP contribution is -2.43. The minimum Gasteiger partial charge on any atom is -0.511 e. The molecule has 2 aromatic rings. The van der Waals surface area contributed by atoms with E-state index in [9.17, 15) is 23.1 Å². The second-order valence-electron chi connectivity index (χ2n) is 11.1. The third-order valence-corrected chi connectivity index (χ3v) is 9.19. The number of hydrazone groups is 1. The molecule has 0 aromatic heterocycles. The minimum absolute atomic E-state index is 0. The van der Waals surface area contributed by atoms with Crippen LogP contribution in [0.1, 0.15) is 48.0 Å². The number of likely N-dealkylation sites (tertiary alicyclic amines) is 1. The Morgan fingerprint density at radius 3 is 2.43 bits per heavy atom. The Morgan fingerprint density at radius 1 is 1.07 bits per heavy atom. The number of ether oxygens (including phenoxy) is 1. The summed E-state index contributed by atoms with van der Waals surface area (Å²) in [6, 6.07) is 15.1. The lowest BCUT2D eigenvalue weighted by Gasteiger charge is -2.38. The van der Waals surface area contributed by atoms with Gasteiger partial charge in [0.1, 0.15) is 11.9 Å². The monoisotopic (exact) mass is 640 g/mol. The number of hydrogen-bond acceptors (Lipinski definition) is 8. The number of nitrogens with zero attached hydrogens (tertiary/aromatic N) is 2. The molecule has 1 fully saturated rings. The summed E-state index contributed by atoms with van der Waals surface area (Å²) in [5.74, 6) is -3.00. The summed E-state index contributed by atoms with van der Waals surface area (Å²) in [7, 11) is -4.15. The van der Waals surface area contributed by atoms with Gasteiger partial charge in [0.25, 0.3) is 5.91 Å². The van der Waals surface area contributed by atoms with Gasteiger partial charge in [-0.15, -0.1) is 12.4 Å². The van der Waals surface area contributed by atoms with Gasteiger partial charge in [-0.2, -0.15) is 5.10 Å². The van der Waals surface area contributed by atoms with Gasteiger partial charge in [-0.05, 0) is 56.6 Å². The van der Waals surface area contributed by atoms with Crippen LogP contribution < -0.4 is 10.6 Å². The molecule has 1 saturated heterocycles. The Morgan fingerprint density at radius 2 is 1.73 bits per heavy atom. The molecule has 2 aromatic carbocycles. The summed E-state index contributed by atoms with van der Waals surface area (Å²) in [5.41, 5.74) is 3.82. The maximum absolute atomic E-state index is 13.6. The van der Waals surface area contributed by atoms with Crippen molar-refractivity contribution in [1.82, 2.24) is 10.3 Å². The van der Waals surface area contributed by atoms with Crippen LogP contribution in [-0.2, 0) is 19.6 Å². The minimum atomic E-state index is -4.15. The predicted molar refractivity (Wildman–Crippen MR) is 170 cm³/mol. The van der Waals surface area contributed by atoms with E-state index in [-0.39, 0.29) is 34.2 Å². The first-order chi connectivity index (χ1) is 20.6. The molecular weight excluding hydrogens is 604 g/mol. The largest absolute Gasteiger partial charge is 0.511 e. The maximum atomic E-state index is 13.6. The van der Waals surface area contributed by atoms with E-state index in [2.05, 4.69) is 15.4 Å². The van der Waals surface area contributed by atoms with Crippen LogP contribution in [-0.4, -0.2) is 61.8 Å². The summed E-state index contributed by atoms with van der Waals surface area (Å²) in [5, 5.41) is 21.3. The van der Waals surface area contributed by atoms with Crippen LogP contribution in [0.2, 0.25) is 0 Å².